The van der Waals surface area contributed by atoms with Crippen LogP contribution < -0.4 is 15.4 Å². The summed E-state index contributed by atoms with van der Waals surface area (Å²) in [4.78, 5) is 86.3. The van der Waals surface area contributed by atoms with Crippen LogP contribution in [0.3, 0.4) is 0 Å². The van der Waals surface area contributed by atoms with Crippen LogP contribution in [-0.2, 0) is 20.7 Å². The van der Waals surface area contributed by atoms with E-state index in [4.69, 9.17) is 4.74 Å². The third kappa shape index (κ3) is 7.36. The van der Waals surface area contributed by atoms with Crippen molar-refractivity contribution in [1.82, 2.24) is 10.6 Å². The Bertz CT molecular complexity index is 2020. The summed E-state index contributed by atoms with van der Waals surface area (Å²) in [5.74, 6) is -3.11. The average molecular weight is 769 g/mol. The Kier molecular flexibility index (Phi) is 12.1. The normalized spacial score (nSPS) is 15.2. The molecule has 0 aromatic heterocycles. The molecule has 0 spiro atoms. The van der Waals surface area contributed by atoms with Crippen molar-refractivity contribution in [3.05, 3.63) is 129 Å². The second kappa shape index (κ2) is 16.8. The summed E-state index contributed by atoms with van der Waals surface area (Å²) in [6.45, 7) is 12.0. The van der Waals surface area contributed by atoms with Gasteiger partial charge in [-0.3, -0.25) is 28.8 Å². The van der Waals surface area contributed by atoms with E-state index in [1.807, 2.05) is 53.7 Å². The zero-order valence-electron chi connectivity index (χ0n) is 33.8. The van der Waals surface area contributed by atoms with Gasteiger partial charge in [0, 0.05) is 46.2 Å². The molecule has 0 aliphatic heterocycles. The van der Waals surface area contributed by atoms with E-state index in [9.17, 15) is 28.8 Å². The van der Waals surface area contributed by atoms with Gasteiger partial charge >= 0.3 is 0 Å². The van der Waals surface area contributed by atoms with Crippen molar-refractivity contribution in [3.8, 4) is 11.5 Å². The van der Waals surface area contributed by atoms with Gasteiger partial charge in [-0.05, 0) is 47.9 Å². The number of fused-ring (bicyclic) bond motifs is 2. The van der Waals surface area contributed by atoms with Crippen molar-refractivity contribution in [3.63, 3.8) is 0 Å². The van der Waals surface area contributed by atoms with Crippen molar-refractivity contribution >= 4 is 34.9 Å². The van der Waals surface area contributed by atoms with E-state index in [1.54, 1.807) is 72.8 Å². The number of ether oxygens (including phenoxy) is 1. The number of amides is 2. The number of ketones is 4. The summed E-state index contributed by atoms with van der Waals surface area (Å²) in [6.07, 6.45) is 4.73. The van der Waals surface area contributed by atoms with E-state index in [-0.39, 0.29) is 69.6 Å². The smallest absolute Gasteiger partial charge is 0.221 e. The Labute approximate surface area is 335 Å². The zero-order chi connectivity index (χ0) is 41.1. The maximum absolute atomic E-state index is 14.7. The topological polar surface area (TPSA) is 136 Å². The van der Waals surface area contributed by atoms with E-state index in [0.717, 1.165) is 36.8 Å². The van der Waals surface area contributed by atoms with Crippen LogP contribution in [0.1, 0.15) is 168 Å². The lowest BCUT2D eigenvalue weighted by Gasteiger charge is -2.32. The Hall–Kier alpha value is -5.70. The van der Waals surface area contributed by atoms with Crippen LogP contribution in [0.25, 0.3) is 0 Å². The van der Waals surface area contributed by atoms with E-state index in [2.05, 4.69) is 10.6 Å². The summed E-state index contributed by atoms with van der Waals surface area (Å²) < 4.78 is 6.94. The molecular formula is C48H52N2O7. The largest absolute Gasteiger partial charge is 0.457 e. The maximum atomic E-state index is 14.7. The first-order chi connectivity index (χ1) is 27.3. The van der Waals surface area contributed by atoms with E-state index in [0.29, 0.717) is 12.8 Å². The Balaban J connectivity index is 1.59. The fourth-order valence-electron chi connectivity index (χ4n) is 7.94. The summed E-state index contributed by atoms with van der Waals surface area (Å²) in [5, 5.41) is 5.78. The monoisotopic (exact) mass is 768 g/mol. The second-order valence-electron chi connectivity index (χ2n) is 15.8. The summed E-state index contributed by atoms with van der Waals surface area (Å²) in [5.41, 5.74) is -1.72. The Morgan fingerprint density at radius 1 is 0.526 bits per heavy atom. The van der Waals surface area contributed by atoms with Gasteiger partial charge in [-0.15, -0.1) is 0 Å². The third-order valence-electron chi connectivity index (χ3n) is 11.2. The Morgan fingerprint density at radius 2 is 0.860 bits per heavy atom. The number of benzene rings is 4. The summed E-state index contributed by atoms with van der Waals surface area (Å²) in [7, 11) is 0. The first-order valence-corrected chi connectivity index (χ1v) is 20.3. The molecule has 0 saturated carbocycles. The quantitative estimate of drug-likeness (QED) is 0.0856. The summed E-state index contributed by atoms with van der Waals surface area (Å²) in [6, 6.07) is 23.4. The van der Waals surface area contributed by atoms with Crippen LogP contribution in [0.5, 0.6) is 11.5 Å². The standard InChI is InChI=1S/C48H52N2O7/c1-7-9-11-21-41(51)49-47(43(53)33-17-13-14-18-34(33)44(47)54)37-25-23-31(29(3)4)27-39(37)57-40-28-32(30(5)6)24-26-38(40)48(50-42(52)22-12-10-8-2)45(55)35-19-15-16-20-36(35)46(48)56/h13-20,23-30H,7-12,21-22H2,1-6H3,(H,49,51)(H,50,52). The SMILES string of the molecule is CCCCCC(=O)NC1(c2ccc(C(C)C)cc2Oc2cc(C(C)C)ccc2C2(NC(=O)CCCCC)C(=O)c3ccccc3C2=O)C(=O)c2ccccc2C1=O. The highest BCUT2D eigenvalue weighted by atomic mass is 16.5. The third-order valence-corrected chi connectivity index (χ3v) is 11.2. The van der Waals surface area contributed by atoms with Crippen LogP contribution in [0.2, 0.25) is 0 Å². The molecule has 0 unspecified atom stereocenters. The lowest BCUT2D eigenvalue weighted by molar-refractivity contribution is -0.123. The van der Waals surface area contributed by atoms with Gasteiger partial charge < -0.3 is 15.4 Å². The molecular weight excluding hydrogens is 717 g/mol. The first kappa shape index (κ1) is 40.9. The van der Waals surface area contributed by atoms with Gasteiger partial charge in [0.1, 0.15) is 11.5 Å². The van der Waals surface area contributed by atoms with Crippen molar-refractivity contribution in [2.45, 2.75) is 116 Å². The minimum Gasteiger partial charge on any atom is -0.457 e. The van der Waals surface area contributed by atoms with Crippen LogP contribution in [0, 0.1) is 0 Å². The fourth-order valence-corrected chi connectivity index (χ4v) is 7.94. The van der Waals surface area contributed by atoms with Crippen molar-refractivity contribution in [2.24, 2.45) is 0 Å². The molecule has 4 aromatic rings. The van der Waals surface area contributed by atoms with Gasteiger partial charge in [-0.25, -0.2) is 0 Å². The van der Waals surface area contributed by atoms with Crippen LogP contribution in [0.15, 0.2) is 84.9 Å². The lowest BCUT2D eigenvalue weighted by Crippen LogP contribution is -2.54. The number of carbonyl (C=O) groups excluding carboxylic acids is 6. The summed E-state index contributed by atoms with van der Waals surface area (Å²) >= 11 is 0. The Morgan fingerprint density at radius 3 is 1.16 bits per heavy atom. The zero-order valence-corrected chi connectivity index (χ0v) is 33.8. The number of carbonyl (C=O) groups is 6. The van der Waals surface area contributed by atoms with Gasteiger partial charge in [-0.1, -0.05) is 140 Å². The second-order valence-corrected chi connectivity index (χ2v) is 15.8. The van der Waals surface area contributed by atoms with Gasteiger partial charge in [0.05, 0.1) is 0 Å². The molecule has 296 valence electrons. The molecule has 4 aromatic carbocycles. The van der Waals surface area contributed by atoms with Crippen LogP contribution in [-0.4, -0.2) is 34.9 Å². The van der Waals surface area contributed by atoms with E-state index >= 15 is 0 Å². The molecule has 0 bridgehead atoms. The molecule has 0 atom stereocenters. The predicted molar refractivity (Wildman–Crippen MR) is 219 cm³/mol. The molecule has 9 heteroatoms. The molecule has 0 radical (unpaired) electrons. The number of rotatable bonds is 16. The van der Waals surface area contributed by atoms with Crippen LogP contribution in [0.4, 0.5) is 0 Å². The maximum Gasteiger partial charge on any atom is 0.221 e. The van der Waals surface area contributed by atoms with E-state index < -0.39 is 46.0 Å². The van der Waals surface area contributed by atoms with Gasteiger partial charge in [-0.2, -0.15) is 0 Å². The first-order valence-electron chi connectivity index (χ1n) is 20.3. The van der Waals surface area contributed by atoms with Crippen molar-refractivity contribution in [1.29, 1.82) is 0 Å². The minimum atomic E-state index is -2.16. The van der Waals surface area contributed by atoms with E-state index in [1.165, 1.54) is 0 Å². The number of hydrogen-bond acceptors (Lipinski definition) is 7. The molecule has 2 aliphatic rings. The molecule has 57 heavy (non-hydrogen) atoms. The molecule has 2 N–H and O–H groups in total. The number of nitrogens with one attached hydrogen (secondary N) is 2. The van der Waals surface area contributed by atoms with Crippen LogP contribution >= 0.6 is 0 Å². The lowest BCUT2D eigenvalue weighted by atomic mass is 9.81. The van der Waals surface area contributed by atoms with Gasteiger partial charge in [0.25, 0.3) is 0 Å². The highest BCUT2D eigenvalue weighted by Crippen LogP contribution is 2.47. The molecule has 9 nitrogen and oxygen atoms in total. The average Bonchev–Trinajstić information content (AvgIpc) is 3.54. The molecule has 0 heterocycles. The predicted octanol–water partition coefficient (Wildman–Crippen LogP) is 9.67. The van der Waals surface area contributed by atoms with Crippen molar-refractivity contribution < 1.29 is 33.5 Å². The fraction of sp³-hybridized carbons (Fsp3) is 0.375. The molecule has 0 fully saturated rings. The highest BCUT2D eigenvalue weighted by Gasteiger charge is 2.58. The molecule has 2 aliphatic carbocycles. The van der Waals surface area contributed by atoms with Gasteiger partial charge in [0.15, 0.2) is 11.1 Å². The molecule has 6 rings (SSSR count). The number of unbranched alkanes of at least 4 members (excludes halogenated alkanes) is 4. The minimum absolute atomic E-state index is 0.0177. The molecule has 0 saturated heterocycles. The number of hydrogen-bond donors (Lipinski definition) is 2. The molecule has 2 amide bonds. The highest BCUT2D eigenvalue weighted by molar-refractivity contribution is 6.35. The van der Waals surface area contributed by atoms with Crippen molar-refractivity contribution in [2.75, 3.05) is 0 Å². The van der Waals surface area contributed by atoms with Gasteiger partial charge in [0.2, 0.25) is 34.9 Å². The number of Topliss-reactive ketones (excluding diaryl/α,β-unsaturated/α-hetero) is 4.